The molecule has 0 radical (unpaired) electrons. The number of hydrogen-bond acceptors (Lipinski definition) is 3. The number of nitrogens with one attached hydrogen (secondary N) is 2. The number of aryl methyl sites for hydroxylation is 1. The minimum atomic E-state index is -4.00. The van der Waals surface area contributed by atoms with Crippen molar-refractivity contribution >= 4 is 54.4 Å². The predicted molar refractivity (Wildman–Crippen MR) is 99.9 cm³/mol. The van der Waals surface area contributed by atoms with Gasteiger partial charge in [0.05, 0.1) is 10.6 Å². The standard InChI is InChI=1S/C16H13BrClN3O3S/c1-21-9-12(11-4-2-3-5-14(11)21)16(22)19-20-25(23,24)15-7-6-10(17)8-13(15)18/h2-9,20H,1H3,(H,19,22). The van der Waals surface area contributed by atoms with Gasteiger partial charge in [-0.15, -0.1) is 4.83 Å². The number of rotatable bonds is 4. The first-order valence-electron chi connectivity index (χ1n) is 7.11. The molecule has 0 aliphatic rings. The number of aromatic nitrogens is 1. The van der Waals surface area contributed by atoms with Gasteiger partial charge in [0.1, 0.15) is 4.90 Å². The van der Waals surface area contributed by atoms with Crippen LogP contribution in [0.15, 0.2) is 58.0 Å². The fourth-order valence-electron chi connectivity index (χ4n) is 2.45. The van der Waals surface area contributed by atoms with Crippen molar-refractivity contribution in [3.63, 3.8) is 0 Å². The van der Waals surface area contributed by atoms with Crippen LogP contribution in [0, 0.1) is 0 Å². The zero-order valence-corrected chi connectivity index (χ0v) is 16.1. The largest absolute Gasteiger partial charge is 0.350 e. The van der Waals surface area contributed by atoms with Gasteiger partial charge in [0.2, 0.25) is 0 Å². The van der Waals surface area contributed by atoms with E-state index in [0.717, 1.165) is 10.9 Å². The predicted octanol–water partition coefficient (Wildman–Crippen LogP) is 3.22. The molecule has 0 atom stereocenters. The number of para-hydroxylation sites is 1. The Morgan fingerprint density at radius 3 is 2.64 bits per heavy atom. The highest BCUT2D eigenvalue weighted by molar-refractivity contribution is 9.10. The lowest BCUT2D eigenvalue weighted by Crippen LogP contribution is -2.41. The van der Waals surface area contributed by atoms with Crippen LogP contribution < -0.4 is 10.3 Å². The van der Waals surface area contributed by atoms with E-state index >= 15 is 0 Å². The molecule has 25 heavy (non-hydrogen) atoms. The van der Waals surface area contributed by atoms with E-state index in [-0.39, 0.29) is 9.92 Å². The number of carbonyl (C=O) groups excluding carboxylic acids is 1. The van der Waals surface area contributed by atoms with Crippen LogP contribution in [0.1, 0.15) is 10.4 Å². The van der Waals surface area contributed by atoms with Crippen LogP contribution in [0.5, 0.6) is 0 Å². The molecule has 6 nitrogen and oxygen atoms in total. The van der Waals surface area contributed by atoms with Crippen molar-refractivity contribution in [2.45, 2.75) is 4.90 Å². The molecule has 0 spiro atoms. The van der Waals surface area contributed by atoms with Crippen molar-refractivity contribution in [1.29, 1.82) is 0 Å². The molecule has 0 saturated heterocycles. The fourth-order valence-corrected chi connectivity index (χ4v) is 4.33. The highest BCUT2D eigenvalue weighted by Crippen LogP contribution is 2.25. The Morgan fingerprint density at radius 1 is 1.20 bits per heavy atom. The Bertz CT molecular complexity index is 1080. The zero-order chi connectivity index (χ0) is 18.2. The molecule has 3 rings (SSSR count). The van der Waals surface area contributed by atoms with Crippen molar-refractivity contribution in [1.82, 2.24) is 14.8 Å². The molecule has 0 fully saturated rings. The van der Waals surface area contributed by atoms with Crippen LogP contribution in [-0.2, 0) is 17.1 Å². The fraction of sp³-hybridized carbons (Fsp3) is 0.0625. The molecule has 0 bridgehead atoms. The van der Waals surface area contributed by atoms with Gasteiger partial charge in [0.25, 0.3) is 15.9 Å². The molecule has 0 unspecified atom stereocenters. The number of nitrogens with zero attached hydrogens (tertiary/aromatic N) is 1. The average Bonchev–Trinajstić information content (AvgIpc) is 2.90. The number of hydrazine groups is 1. The third kappa shape index (κ3) is 3.57. The second-order valence-corrected chi connectivity index (χ2v) is 8.28. The number of carbonyl (C=O) groups is 1. The number of sulfonamides is 1. The summed E-state index contributed by atoms with van der Waals surface area (Å²) in [5.41, 5.74) is 3.46. The lowest BCUT2D eigenvalue weighted by atomic mass is 10.2. The molecule has 1 amide bonds. The molecule has 0 aliphatic carbocycles. The third-order valence-electron chi connectivity index (χ3n) is 3.62. The molecule has 2 N–H and O–H groups in total. The van der Waals surface area contributed by atoms with Gasteiger partial charge in [0, 0.05) is 28.6 Å². The van der Waals surface area contributed by atoms with E-state index in [2.05, 4.69) is 26.2 Å². The van der Waals surface area contributed by atoms with E-state index < -0.39 is 15.9 Å². The summed E-state index contributed by atoms with van der Waals surface area (Å²) in [7, 11) is -2.19. The maximum Gasteiger partial charge on any atom is 0.268 e. The monoisotopic (exact) mass is 441 g/mol. The van der Waals surface area contributed by atoms with Crippen LogP contribution >= 0.6 is 27.5 Å². The van der Waals surface area contributed by atoms with Crippen molar-refractivity contribution in [2.75, 3.05) is 0 Å². The maximum atomic E-state index is 12.4. The van der Waals surface area contributed by atoms with Crippen LogP contribution in [0.4, 0.5) is 0 Å². The van der Waals surface area contributed by atoms with Gasteiger partial charge in [-0.3, -0.25) is 10.2 Å². The first-order valence-corrected chi connectivity index (χ1v) is 9.76. The normalized spacial score (nSPS) is 11.6. The summed E-state index contributed by atoms with van der Waals surface area (Å²) in [6, 6.07) is 11.7. The third-order valence-corrected chi connectivity index (χ3v) is 5.85. The number of hydrogen-bond donors (Lipinski definition) is 2. The van der Waals surface area contributed by atoms with Crippen LogP contribution in [0.2, 0.25) is 5.02 Å². The Hall–Kier alpha value is -1.87. The molecule has 0 aliphatic heterocycles. The topological polar surface area (TPSA) is 80.2 Å². The highest BCUT2D eigenvalue weighted by atomic mass is 79.9. The summed E-state index contributed by atoms with van der Waals surface area (Å²) >= 11 is 9.17. The van der Waals surface area contributed by atoms with Crippen LogP contribution in [0.3, 0.4) is 0 Å². The van der Waals surface area contributed by atoms with Gasteiger partial charge in [0.15, 0.2) is 0 Å². The molecule has 1 heterocycles. The Kier molecular flexibility index (Phi) is 4.88. The highest BCUT2D eigenvalue weighted by Gasteiger charge is 2.20. The summed E-state index contributed by atoms with van der Waals surface area (Å²) in [6.45, 7) is 0. The molecule has 2 aromatic carbocycles. The van der Waals surface area contributed by atoms with Crippen molar-refractivity contribution in [3.8, 4) is 0 Å². The number of benzene rings is 2. The smallest absolute Gasteiger partial charge is 0.268 e. The first-order chi connectivity index (χ1) is 11.8. The number of halogens is 2. The SMILES string of the molecule is Cn1cc(C(=O)NNS(=O)(=O)c2ccc(Br)cc2Cl)c2ccccc21. The Labute approximate surface area is 157 Å². The molecule has 3 aromatic rings. The first kappa shape index (κ1) is 17.9. The molecule has 0 saturated carbocycles. The van der Waals surface area contributed by atoms with Gasteiger partial charge in [-0.25, -0.2) is 8.42 Å². The quantitative estimate of drug-likeness (QED) is 0.609. The van der Waals surface area contributed by atoms with Gasteiger partial charge in [-0.1, -0.05) is 45.7 Å². The van der Waals surface area contributed by atoms with Gasteiger partial charge < -0.3 is 4.57 Å². The molecular formula is C16H13BrClN3O3S. The second-order valence-electron chi connectivity index (χ2n) is 5.31. The Morgan fingerprint density at radius 2 is 1.92 bits per heavy atom. The molecular weight excluding hydrogens is 430 g/mol. The van der Waals surface area contributed by atoms with E-state index in [9.17, 15) is 13.2 Å². The molecule has 9 heteroatoms. The summed E-state index contributed by atoms with van der Waals surface area (Å²) in [5.74, 6) is -0.561. The average molecular weight is 443 g/mol. The van der Waals surface area contributed by atoms with E-state index in [1.807, 2.05) is 25.2 Å². The zero-order valence-electron chi connectivity index (χ0n) is 13.0. The lowest BCUT2D eigenvalue weighted by Gasteiger charge is -2.09. The number of amides is 1. The second kappa shape index (κ2) is 6.80. The summed E-state index contributed by atoms with van der Waals surface area (Å²) in [4.78, 5) is 14.3. The van der Waals surface area contributed by atoms with E-state index in [1.165, 1.54) is 12.1 Å². The summed E-state index contributed by atoms with van der Waals surface area (Å²) < 4.78 is 27.1. The van der Waals surface area contributed by atoms with Gasteiger partial charge in [-0.05, 0) is 24.3 Å². The van der Waals surface area contributed by atoms with Crippen LogP contribution in [0.25, 0.3) is 10.9 Å². The van der Waals surface area contributed by atoms with Gasteiger partial charge >= 0.3 is 0 Å². The van der Waals surface area contributed by atoms with Gasteiger partial charge in [-0.2, -0.15) is 0 Å². The maximum absolute atomic E-state index is 12.4. The minimum absolute atomic E-state index is 0.0429. The van der Waals surface area contributed by atoms with Crippen molar-refractivity contribution in [2.24, 2.45) is 7.05 Å². The lowest BCUT2D eigenvalue weighted by molar-refractivity contribution is 0.0946. The van der Waals surface area contributed by atoms with Crippen LogP contribution in [-0.4, -0.2) is 18.9 Å². The minimum Gasteiger partial charge on any atom is -0.350 e. The van der Waals surface area contributed by atoms with Crippen molar-refractivity contribution in [3.05, 3.63) is 63.7 Å². The summed E-state index contributed by atoms with van der Waals surface area (Å²) in [5, 5.41) is 0.768. The summed E-state index contributed by atoms with van der Waals surface area (Å²) in [6.07, 6.45) is 1.64. The molecule has 1 aromatic heterocycles. The Balaban J connectivity index is 1.84. The number of fused-ring (bicyclic) bond motifs is 1. The molecule has 130 valence electrons. The van der Waals surface area contributed by atoms with E-state index in [0.29, 0.717) is 10.0 Å². The van der Waals surface area contributed by atoms with Crippen molar-refractivity contribution < 1.29 is 13.2 Å². The van der Waals surface area contributed by atoms with E-state index in [1.54, 1.807) is 22.9 Å². The van der Waals surface area contributed by atoms with E-state index in [4.69, 9.17) is 11.6 Å².